The van der Waals surface area contributed by atoms with Crippen LogP contribution < -0.4 is 5.32 Å². The van der Waals surface area contributed by atoms with Crippen LogP contribution in [0.3, 0.4) is 0 Å². The summed E-state index contributed by atoms with van der Waals surface area (Å²) in [5.41, 5.74) is 4.49. The van der Waals surface area contributed by atoms with Crippen LogP contribution in [0.25, 0.3) is 0 Å². The zero-order valence-corrected chi connectivity index (χ0v) is 9.98. The molecule has 1 aromatic carbocycles. The van der Waals surface area contributed by atoms with Crippen LogP contribution in [0.15, 0.2) is 12.1 Å². The normalized spacial score (nSPS) is 10.1. The van der Waals surface area contributed by atoms with Gasteiger partial charge in [-0.1, -0.05) is 19.9 Å². The molecule has 2 heteroatoms. The van der Waals surface area contributed by atoms with E-state index in [1.807, 2.05) is 6.07 Å². The lowest BCUT2D eigenvalue weighted by molar-refractivity contribution is 0.0962. The van der Waals surface area contributed by atoms with E-state index < -0.39 is 0 Å². The zero-order chi connectivity index (χ0) is 11.4. The van der Waals surface area contributed by atoms with E-state index in [0.29, 0.717) is 0 Å². The Hall–Kier alpha value is -1.31. The number of nitrogens with one attached hydrogen (secondary N) is 1. The summed E-state index contributed by atoms with van der Waals surface area (Å²) in [5.74, 6) is 0.0153. The number of hydrogen-bond donors (Lipinski definition) is 1. The van der Waals surface area contributed by atoms with Crippen LogP contribution >= 0.6 is 0 Å². The maximum Gasteiger partial charge on any atom is 0.251 e. The first-order valence-electron chi connectivity index (χ1n) is 5.48. The Kier molecular flexibility index (Phi) is 3.89. The van der Waals surface area contributed by atoms with Gasteiger partial charge in [0.2, 0.25) is 0 Å². The smallest absolute Gasteiger partial charge is 0.251 e. The average Bonchev–Trinajstić information content (AvgIpc) is 2.27. The van der Waals surface area contributed by atoms with Crippen molar-refractivity contribution in [1.29, 1.82) is 0 Å². The molecule has 0 heterocycles. The third-order valence-electron chi connectivity index (χ3n) is 2.80. The minimum absolute atomic E-state index is 0.0153. The molecule has 0 saturated heterocycles. The Balaban J connectivity index is 3.28. The van der Waals surface area contributed by atoms with Crippen molar-refractivity contribution in [3.05, 3.63) is 34.4 Å². The van der Waals surface area contributed by atoms with Gasteiger partial charge in [-0.3, -0.25) is 4.79 Å². The van der Waals surface area contributed by atoms with Crippen molar-refractivity contribution >= 4 is 5.91 Å². The molecule has 0 aliphatic carbocycles. The second kappa shape index (κ2) is 4.96. The van der Waals surface area contributed by atoms with Crippen LogP contribution in [0.2, 0.25) is 0 Å². The van der Waals surface area contributed by atoms with E-state index >= 15 is 0 Å². The van der Waals surface area contributed by atoms with Gasteiger partial charge < -0.3 is 5.32 Å². The molecule has 15 heavy (non-hydrogen) atoms. The van der Waals surface area contributed by atoms with Gasteiger partial charge in [0.15, 0.2) is 0 Å². The summed E-state index contributed by atoms with van der Waals surface area (Å²) in [6.45, 7) is 6.29. The van der Waals surface area contributed by atoms with Gasteiger partial charge in [0, 0.05) is 12.6 Å². The van der Waals surface area contributed by atoms with Gasteiger partial charge in [0.05, 0.1) is 0 Å². The fourth-order valence-corrected chi connectivity index (χ4v) is 1.83. The highest BCUT2D eigenvalue weighted by atomic mass is 16.1. The minimum atomic E-state index is 0.0153. The van der Waals surface area contributed by atoms with Gasteiger partial charge in [0.1, 0.15) is 0 Å². The third kappa shape index (κ3) is 2.38. The van der Waals surface area contributed by atoms with Gasteiger partial charge in [0.25, 0.3) is 5.91 Å². The summed E-state index contributed by atoms with van der Waals surface area (Å²) in [7, 11) is 1.67. The van der Waals surface area contributed by atoms with E-state index in [-0.39, 0.29) is 5.91 Å². The van der Waals surface area contributed by atoms with E-state index in [9.17, 15) is 4.79 Å². The molecule has 2 nitrogen and oxygen atoms in total. The van der Waals surface area contributed by atoms with Crippen LogP contribution in [0, 0.1) is 6.92 Å². The SMILES string of the molecule is CCc1cc(C(=O)NC)c(CC)cc1C. The molecule has 0 aliphatic heterocycles. The van der Waals surface area contributed by atoms with Crippen molar-refractivity contribution in [2.24, 2.45) is 0 Å². The topological polar surface area (TPSA) is 29.1 Å². The maximum absolute atomic E-state index is 11.7. The lowest BCUT2D eigenvalue weighted by Crippen LogP contribution is -2.20. The van der Waals surface area contributed by atoms with Crippen molar-refractivity contribution in [3.63, 3.8) is 0 Å². The second-order valence-electron chi connectivity index (χ2n) is 3.72. The predicted octanol–water partition coefficient (Wildman–Crippen LogP) is 2.48. The predicted molar refractivity (Wildman–Crippen MR) is 63.3 cm³/mol. The second-order valence-corrected chi connectivity index (χ2v) is 3.72. The number of benzene rings is 1. The first-order valence-corrected chi connectivity index (χ1v) is 5.48. The Labute approximate surface area is 91.7 Å². The number of hydrogen-bond acceptors (Lipinski definition) is 1. The Bertz CT molecular complexity index is 369. The van der Waals surface area contributed by atoms with E-state index in [1.165, 1.54) is 11.1 Å². The highest BCUT2D eigenvalue weighted by molar-refractivity contribution is 5.95. The number of carbonyl (C=O) groups excluding carboxylic acids is 1. The summed E-state index contributed by atoms with van der Waals surface area (Å²) >= 11 is 0. The van der Waals surface area contributed by atoms with Crippen molar-refractivity contribution in [1.82, 2.24) is 5.32 Å². The van der Waals surface area contributed by atoms with Crippen LogP contribution in [-0.2, 0) is 12.8 Å². The number of amides is 1. The van der Waals surface area contributed by atoms with Gasteiger partial charge >= 0.3 is 0 Å². The van der Waals surface area contributed by atoms with E-state index in [2.05, 4.69) is 32.2 Å². The van der Waals surface area contributed by atoms with Crippen LogP contribution in [0.5, 0.6) is 0 Å². The van der Waals surface area contributed by atoms with E-state index in [4.69, 9.17) is 0 Å². The molecule has 0 bridgehead atoms. The summed E-state index contributed by atoms with van der Waals surface area (Å²) in [6, 6.07) is 4.15. The molecule has 0 spiro atoms. The molecule has 0 fully saturated rings. The van der Waals surface area contributed by atoms with E-state index in [1.54, 1.807) is 7.05 Å². The van der Waals surface area contributed by atoms with Gasteiger partial charge in [-0.2, -0.15) is 0 Å². The molecule has 0 aromatic heterocycles. The minimum Gasteiger partial charge on any atom is -0.355 e. The van der Waals surface area contributed by atoms with Gasteiger partial charge in [-0.25, -0.2) is 0 Å². The lowest BCUT2D eigenvalue weighted by Gasteiger charge is -2.11. The number of aryl methyl sites for hydroxylation is 3. The highest BCUT2D eigenvalue weighted by Gasteiger charge is 2.11. The molecule has 0 unspecified atom stereocenters. The molecule has 0 radical (unpaired) electrons. The monoisotopic (exact) mass is 205 g/mol. The van der Waals surface area contributed by atoms with E-state index in [0.717, 1.165) is 24.0 Å². The zero-order valence-electron chi connectivity index (χ0n) is 9.98. The Morgan fingerprint density at radius 1 is 1.20 bits per heavy atom. The molecule has 0 aliphatic rings. The summed E-state index contributed by atoms with van der Waals surface area (Å²) in [5, 5.41) is 2.69. The van der Waals surface area contributed by atoms with Crippen LogP contribution in [-0.4, -0.2) is 13.0 Å². The van der Waals surface area contributed by atoms with Crippen molar-refractivity contribution < 1.29 is 4.79 Å². The fraction of sp³-hybridized carbons (Fsp3) is 0.462. The average molecular weight is 205 g/mol. The summed E-state index contributed by atoms with van der Waals surface area (Å²) in [4.78, 5) is 11.7. The van der Waals surface area contributed by atoms with Crippen molar-refractivity contribution in [3.8, 4) is 0 Å². The first kappa shape index (κ1) is 11.8. The molecule has 0 atom stereocenters. The molecular formula is C13H19NO. The quantitative estimate of drug-likeness (QED) is 0.807. The Morgan fingerprint density at radius 3 is 2.27 bits per heavy atom. The summed E-state index contributed by atoms with van der Waals surface area (Å²) < 4.78 is 0. The molecule has 0 saturated carbocycles. The number of rotatable bonds is 3. The van der Waals surface area contributed by atoms with Gasteiger partial charge in [-0.05, 0) is 42.5 Å². The van der Waals surface area contributed by atoms with Gasteiger partial charge in [-0.15, -0.1) is 0 Å². The molecule has 1 amide bonds. The van der Waals surface area contributed by atoms with Crippen molar-refractivity contribution in [2.45, 2.75) is 33.6 Å². The molecule has 1 rings (SSSR count). The first-order chi connectivity index (χ1) is 7.13. The molecule has 1 N–H and O–H groups in total. The number of carbonyl (C=O) groups is 1. The fourth-order valence-electron chi connectivity index (χ4n) is 1.83. The molecular weight excluding hydrogens is 186 g/mol. The Morgan fingerprint density at radius 2 is 1.80 bits per heavy atom. The largest absolute Gasteiger partial charge is 0.355 e. The summed E-state index contributed by atoms with van der Waals surface area (Å²) in [6.07, 6.45) is 1.87. The highest BCUT2D eigenvalue weighted by Crippen LogP contribution is 2.18. The standard InChI is InChI=1S/C13H19NO/c1-5-10-8-12(13(15)14-4)11(6-2)7-9(10)3/h7-8H,5-6H2,1-4H3,(H,14,15). The van der Waals surface area contributed by atoms with Crippen LogP contribution in [0.1, 0.15) is 40.9 Å². The maximum atomic E-state index is 11.7. The van der Waals surface area contributed by atoms with Crippen LogP contribution in [0.4, 0.5) is 0 Å². The third-order valence-corrected chi connectivity index (χ3v) is 2.80. The molecule has 1 aromatic rings. The molecule has 82 valence electrons. The van der Waals surface area contributed by atoms with Crippen molar-refractivity contribution in [2.75, 3.05) is 7.05 Å². The lowest BCUT2D eigenvalue weighted by atomic mass is 9.96.